The average Bonchev–Trinajstić information content (AvgIpc) is 1.72. The molecule has 0 atom stereocenters. The third kappa shape index (κ3) is 4.05. The van der Waals surface area contributed by atoms with Crippen LogP contribution in [0.15, 0.2) is 0 Å². The van der Waals surface area contributed by atoms with Crippen molar-refractivity contribution in [1.29, 1.82) is 0 Å². The zero-order chi connectivity index (χ0) is 5.70. The Kier molecular flexibility index (Phi) is 9.28. The van der Waals surface area contributed by atoms with Gasteiger partial charge < -0.3 is 14.9 Å². The van der Waals surface area contributed by atoms with Crippen LogP contribution in [0.2, 0.25) is 0 Å². The molecule has 0 aromatic heterocycles. The molecule has 0 rings (SSSR count). The van der Waals surface area contributed by atoms with E-state index in [-0.39, 0.29) is 11.8 Å². The van der Waals surface area contributed by atoms with Gasteiger partial charge in [-0.1, -0.05) is 6.92 Å². The lowest BCUT2D eigenvalue weighted by molar-refractivity contribution is -0.103. The van der Waals surface area contributed by atoms with E-state index < -0.39 is 0 Å². The minimum Gasteiger partial charge on any atom is -0.412 e. The molecule has 0 fully saturated rings. The fraction of sp³-hybridized carbons (Fsp3) is 1.00. The second-order valence-corrected chi connectivity index (χ2v) is 1.31. The Hall–Kier alpha value is -0.120. The first-order chi connectivity index (χ1) is 3.35. The highest BCUT2D eigenvalue weighted by atomic mass is 16.7. The summed E-state index contributed by atoms with van der Waals surface area (Å²) >= 11 is 0. The van der Waals surface area contributed by atoms with Crippen molar-refractivity contribution in [1.82, 2.24) is 0 Å². The van der Waals surface area contributed by atoms with Gasteiger partial charge in [-0.2, -0.15) is 0 Å². The molecule has 0 aliphatic rings. The maximum atomic E-state index is 4.83. The summed E-state index contributed by atoms with van der Waals surface area (Å²) in [6, 6.07) is 0. The molecule has 3 nitrogen and oxygen atoms in total. The summed E-state index contributed by atoms with van der Waals surface area (Å²) in [6.45, 7) is 2.01. The summed E-state index contributed by atoms with van der Waals surface area (Å²) in [5.74, 6) is 0. The van der Waals surface area contributed by atoms with E-state index in [0.29, 0.717) is 0 Å². The van der Waals surface area contributed by atoms with Crippen LogP contribution in [-0.2, 0) is 9.47 Å². The standard InChI is InChI=1S/C5H12O2.H2O/c1-4-5(6-2)7-3;/h5H,4H2,1-3H3;1H2. The smallest absolute Gasteiger partial charge is 0.156 e. The molecule has 0 radical (unpaired) electrons. The van der Waals surface area contributed by atoms with Crippen LogP contribution in [0.4, 0.5) is 0 Å². The zero-order valence-corrected chi connectivity index (χ0v) is 5.60. The molecule has 0 heterocycles. The normalized spacial score (nSPS) is 9.00. The molecule has 0 aromatic rings. The van der Waals surface area contributed by atoms with Gasteiger partial charge in [0.2, 0.25) is 0 Å². The van der Waals surface area contributed by atoms with Crippen LogP contribution >= 0.6 is 0 Å². The van der Waals surface area contributed by atoms with Gasteiger partial charge in [0, 0.05) is 14.2 Å². The Morgan fingerprint density at radius 1 is 1.25 bits per heavy atom. The van der Waals surface area contributed by atoms with Crippen molar-refractivity contribution in [3.63, 3.8) is 0 Å². The maximum Gasteiger partial charge on any atom is 0.156 e. The highest BCUT2D eigenvalue weighted by Gasteiger charge is 1.96. The van der Waals surface area contributed by atoms with Gasteiger partial charge in [-0.25, -0.2) is 0 Å². The number of hydrogen-bond acceptors (Lipinski definition) is 2. The molecule has 8 heavy (non-hydrogen) atoms. The monoisotopic (exact) mass is 122 g/mol. The van der Waals surface area contributed by atoms with Crippen molar-refractivity contribution in [3.05, 3.63) is 0 Å². The van der Waals surface area contributed by atoms with E-state index in [9.17, 15) is 0 Å². The molecule has 0 bridgehead atoms. The topological polar surface area (TPSA) is 50.0 Å². The van der Waals surface area contributed by atoms with Crippen molar-refractivity contribution in [3.8, 4) is 0 Å². The fourth-order valence-corrected chi connectivity index (χ4v) is 0.430. The van der Waals surface area contributed by atoms with E-state index in [0.717, 1.165) is 6.42 Å². The molecule has 52 valence electrons. The molecular weight excluding hydrogens is 108 g/mol. The molecule has 2 N–H and O–H groups in total. The van der Waals surface area contributed by atoms with Gasteiger partial charge in [0.05, 0.1) is 0 Å². The lowest BCUT2D eigenvalue weighted by Gasteiger charge is -2.08. The predicted octanol–water partition coefficient (Wildman–Crippen LogP) is 0.191. The summed E-state index contributed by atoms with van der Waals surface area (Å²) in [6.07, 6.45) is 0.896. The van der Waals surface area contributed by atoms with E-state index in [1.807, 2.05) is 6.92 Å². The number of hydrogen-bond donors (Lipinski definition) is 0. The van der Waals surface area contributed by atoms with Crippen LogP contribution in [0.1, 0.15) is 13.3 Å². The maximum absolute atomic E-state index is 4.83. The molecule has 0 aliphatic carbocycles. The Morgan fingerprint density at radius 3 is 1.62 bits per heavy atom. The van der Waals surface area contributed by atoms with Crippen molar-refractivity contribution in [2.75, 3.05) is 14.2 Å². The van der Waals surface area contributed by atoms with Crippen LogP contribution in [-0.4, -0.2) is 26.0 Å². The largest absolute Gasteiger partial charge is 0.412 e. The van der Waals surface area contributed by atoms with Gasteiger partial charge in [0.25, 0.3) is 0 Å². The highest BCUT2D eigenvalue weighted by Crippen LogP contribution is 1.93. The van der Waals surface area contributed by atoms with Gasteiger partial charge >= 0.3 is 0 Å². The lowest BCUT2D eigenvalue weighted by Crippen LogP contribution is -2.10. The van der Waals surface area contributed by atoms with E-state index >= 15 is 0 Å². The minimum atomic E-state index is -0.0139. The average molecular weight is 122 g/mol. The third-order valence-electron chi connectivity index (χ3n) is 0.859. The van der Waals surface area contributed by atoms with Gasteiger partial charge in [0.1, 0.15) is 0 Å². The number of methoxy groups -OCH3 is 2. The fourth-order valence-electron chi connectivity index (χ4n) is 0.430. The van der Waals surface area contributed by atoms with Crippen LogP contribution in [0.3, 0.4) is 0 Å². The predicted molar refractivity (Wildman–Crippen MR) is 31.7 cm³/mol. The summed E-state index contributed by atoms with van der Waals surface area (Å²) in [4.78, 5) is 0. The van der Waals surface area contributed by atoms with Gasteiger partial charge in [0.15, 0.2) is 6.29 Å². The molecule has 0 saturated carbocycles. The summed E-state index contributed by atoms with van der Waals surface area (Å²) in [5.41, 5.74) is 0. The molecule has 0 aromatic carbocycles. The zero-order valence-electron chi connectivity index (χ0n) is 5.60. The van der Waals surface area contributed by atoms with E-state index in [1.165, 1.54) is 0 Å². The van der Waals surface area contributed by atoms with Gasteiger partial charge in [-0.05, 0) is 6.42 Å². The second-order valence-electron chi connectivity index (χ2n) is 1.31. The molecule has 0 unspecified atom stereocenters. The first-order valence-corrected chi connectivity index (χ1v) is 2.40. The summed E-state index contributed by atoms with van der Waals surface area (Å²) in [5, 5.41) is 0. The molecule has 0 amide bonds. The Bertz CT molecular complexity index is 29.1. The van der Waals surface area contributed by atoms with Gasteiger partial charge in [-0.3, -0.25) is 0 Å². The minimum absolute atomic E-state index is 0. The lowest BCUT2D eigenvalue weighted by atomic mass is 10.5. The molecular formula is C5H14O3. The highest BCUT2D eigenvalue weighted by molar-refractivity contribution is 4.31. The van der Waals surface area contributed by atoms with Gasteiger partial charge in [-0.15, -0.1) is 0 Å². The van der Waals surface area contributed by atoms with E-state index in [1.54, 1.807) is 14.2 Å². The quantitative estimate of drug-likeness (QED) is 0.502. The van der Waals surface area contributed by atoms with Crippen molar-refractivity contribution < 1.29 is 14.9 Å². The molecule has 0 aliphatic heterocycles. The molecule has 0 saturated heterocycles. The Labute approximate surface area is 49.9 Å². The number of rotatable bonds is 3. The third-order valence-corrected chi connectivity index (χ3v) is 0.859. The van der Waals surface area contributed by atoms with Crippen LogP contribution in [0, 0.1) is 0 Å². The first kappa shape index (κ1) is 10.8. The molecule has 3 heteroatoms. The van der Waals surface area contributed by atoms with Crippen LogP contribution < -0.4 is 0 Å². The van der Waals surface area contributed by atoms with Crippen molar-refractivity contribution in [2.45, 2.75) is 19.6 Å². The van der Waals surface area contributed by atoms with Crippen molar-refractivity contribution in [2.24, 2.45) is 0 Å². The first-order valence-electron chi connectivity index (χ1n) is 2.40. The second kappa shape index (κ2) is 6.88. The molecule has 0 spiro atoms. The summed E-state index contributed by atoms with van der Waals surface area (Å²) in [7, 11) is 3.27. The summed E-state index contributed by atoms with van der Waals surface area (Å²) < 4.78 is 9.65. The SMILES string of the molecule is CCC(OC)OC.O. The van der Waals surface area contributed by atoms with Crippen LogP contribution in [0.5, 0.6) is 0 Å². The van der Waals surface area contributed by atoms with E-state index in [2.05, 4.69) is 0 Å². The van der Waals surface area contributed by atoms with Crippen molar-refractivity contribution >= 4 is 0 Å². The Balaban J connectivity index is 0. The number of ether oxygens (including phenoxy) is 2. The Morgan fingerprint density at radius 2 is 1.62 bits per heavy atom. The van der Waals surface area contributed by atoms with Crippen LogP contribution in [0.25, 0.3) is 0 Å². The van der Waals surface area contributed by atoms with E-state index in [4.69, 9.17) is 9.47 Å².